The summed E-state index contributed by atoms with van der Waals surface area (Å²) in [4.78, 5) is 14.8. The third-order valence-electron chi connectivity index (χ3n) is 5.54. The zero-order valence-electron chi connectivity index (χ0n) is 15.6. The fourth-order valence-electron chi connectivity index (χ4n) is 4.05. The number of urea groups is 1. The predicted molar refractivity (Wildman–Crippen MR) is 111 cm³/mol. The number of rotatable bonds is 3. The molecule has 1 atom stereocenters. The highest BCUT2D eigenvalue weighted by Crippen LogP contribution is 2.26. The molecule has 1 saturated heterocycles. The molecule has 0 spiro atoms. The molecule has 3 aromatic rings. The van der Waals surface area contributed by atoms with E-state index in [2.05, 4.69) is 66.0 Å². The van der Waals surface area contributed by atoms with Crippen LogP contribution in [0.4, 0.5) is 4.79 Å². The Kier molecular flexibility index (Phi) is 5.38. The normalized spacial score (nSPS) is 17.5. The van der Waals surface area contributed by atoms with Gasteiger partial charge in [-0.15, -0.1) is 0 Å². The molecule has 1 aliphatic rings. The van der Waals surface area contributed by atoms with E-state index in [0.29, 0.717) is 12.5 Å². The number of carbonyl (C=O) groups is 1. The molecule has 1 heterocycles. The van der Waals surface area contributed by atoms with Gasteiger partial charge in [0.2, 0.25) is 0 Å². The fourth-order valence-corrected chi connectivity index (χ4v) is 4.05. The molecule has 138 valence electrons. The van der Waals surface area contributed by atoms with E-state index in [1.54, 1.807) is 0 Å². The second-order valence-electron chi connectivity index (χ2n) is 7.35. The lowest BCUT2D eigenvalue weighted by Gasteiger charge is -2.25. The zero-order chi connectivity index (χ0) is 18.5. The van der Waals surface area contributed by atoms with Crippen molar-refractivity contribution in [3.8, 4) is 0 Å². The largest absolute Gasteiger partial charge is 0.334 e. The highest BCUT2D eigenvalue weighted by Gasteiger charge is 2.23. The van der Waals surface area contributed by atoms with Crippen LogP contribution in [0.1, 0.15) is 36.3 Å². The van der Waals surface area contributed by atoms with Gasteiger partial charge >= 0.3 is 6.03 Å². The third-order valence-corrected chi connectivity index (χ3v) is 5.54. The van der Waals surface area contributed by atoms with Crippen LogP contribution in [0.3, 0.4) is 0 Å². The molecule has 0 bridgehead atoms. The highest BCUT2D eigenvalue weighted by atomic mass is 16.2. The fraction of sp³-hybridized carbons (Fsp3) is 0.292. The number of fused-ring (bicyclic) bond motifs is 1. The lowest BCUT2D eigenvalue weighted by molar-refractivity contribution is 0.197. The van der Waals surface area contributed by atoms with E-state index < -0.39 is 0 Å². The summed E-state index contributed by atoms with van der Waals surface area (Å²) in [5.41, 5.74) is 2.50. The first kappa shape index (κ1) is 17.6. The second kappa shape index (κ2) is 8.26. The molecular formula is C24H26N2O. The lowest BCUT2D eigenvalue weighted by atomic mass is 9.94. The Morgan fingerprint density at radius 3 is 2.59 bits per heavy atom. The van der Waals surface area contributed by atoms with Crippen molar-refractivity contribution in [2.75, 3.05) is 13.1 Å². The van der Waals surface area contributed by atoms with Gasteiger partial charge in [-0.25, -0.2) is 4.79 Å². The SMILES string of the molecule is O=C(NCc1cccc2ccccc12)N1CCCCC(c2ccccc2)C1. The van der Waals surface area contributed by atoms with Crippen molar-refractivity contribution >= 4 is 16.8 Å². The van der Waals surface area contributed by atoms with E-state index in [1.807, 2.05) is 17.0 Å². The standard InChI is InChI=1S/C24H26N2O/c27-24(25-17-21-14-8-13-20-11-4-5-15-23(20)21)26-16-7-6-12-22(18-26)19-9-2-1-3-10-19/h1-5,8-11,13-15,22H,6-7,12,16-18H2,(H,25,27). The zero-order valence-corrected chi connectivity index (χ0v) is 15.6. The molecule has 3 nitrogen and oxygen atoms in total. The van der Waals surface area contributed by atoms with Gasteiger partial charge in [-0.1, -0.05) is 79.2 Å². The molecule has 27 heavy (non-hydrogen) atoms. The van der Waals surface area contributed by atoms with E-state index in [9.17, 15) is 4.79 Å². The summed E-state index contributed by atoms with van der Waals surface area (Å²) < 4.78 is 0. The van der Waals surface area contributed by atoms with E-state index >= 15 is 0 Å². The van der Waals surface area contributed by atoms with Gasteiger partial charge < -0.3 is 10.2 Å². The second-order valence-corrected chi connectivity index (χ2v) is 7.35. The van der Waals surface area contributed by atoms with Crippen molar-refractivity contribution < 1.29 is 4.79 Å². The molecule has 1 aliphatic heterocycles. The maximum atomic E-state index is 12.9. The summed E-state index contributed by atoms with van der Waals surface area (Å²) >= 11 is 0. The van der Waals surface area contributed by atoms with E-state index in [4.69, 9.17) is 0 Å². The molecule has 2 amide bonds. The molecule has 1 unspecified atom stereocenters. The van der Waals surface area contributed by atoms with Gasteiger partial charge in [-0.05, 0) is 34.7 Å². The van der Waals surface area contributed by atoms with Crippen LogP contribution in [0.25, 0.3) is 10.8 Å². The number of nitrogens with one attached hydrogen (secondary N) is 1. The Balaban J connectivity index is 1.44. The number of amides is 2. The van der Waals surface area contributed by atoms with Crippen LogP contribution in [0.2, 0.25) is 0 Å². The van der Waals surface area contributed by atoms with Crippen molar-refractivity contribution in [1.82, 2.24) is 10.2 Å². The Morgan fingerprint density at radius 1 is 0.926 bits per heavy atom. The Bertz CT molecular complexity index is 901. The van der Waals surface area contributed by atoms with Crippen molar-refractivity contribution in [2.45, 2.75) is 31.7 Å². The summed E-state index contributed by atoms with van der Waals surface area (Å²) in [5, 5.41) is 5.57. The van der Waals surface area contributed by atoms with Crippen molar-refractivity contribution in [1.29, 1.82) is 0 Å². The molecule has 0 aromatic heterocycles. The number of hydrogen-bond donors (Lipinski definition) is 1. The first-order valence-corrected chi connectivity index (χ1v) is 9.85. The Morgan fingerprint density at radius 2 is 1.70 bits per heavy atom. The summed E-state index contributed by atoms with van der Waals surface area (Å²) in [6, 6.07) is 25.2. The van der Waals surface area contributed by atoms with Gasteiger partial charge in [0.25, 0.3) is 0 Å². The van der Waals surface area contributed by atoms with E-state index in [-0.39, 0.29) is 6.03 Å². The lowest BCUT2D eigenvalue weighted by Crippen LogP contribution is -2.41. The van der Waals surface area contributed by atoms with Gasteiger partial charge in [0, 0.05) is 25.6 Å². The van der Waals surface area contributed by atoms with Crippen LogP contribution in [-0.2, 0) is 6.54 Å². The molecule has 3 heteroatoms. The molecule has 3 aromatic carbocycles. The summed E-state index contributed by atoms with van der Waals surface area (Å²) in [7, 11) is 0. The minimum Gasteiger partial charge on any atom is -0.334 e. The molecule has 0 aliphatic carbocycles. The Hall–Kier alpha value is -2.81. The summed E-state index contributed by atoms with van der Waals surface area (Å²) in [6.07, 6.45) is 3.40. The van der Waals surface area contributed by atoms with Crippen molar-refractivity contribution in [2.24, 2.45) is 0 Å². The third kappa shape index (κ3) is 4.13. The average Bonchev–Trinajstić information content (AvgIpc) is 2.99. The van der Waals surface area contributed by atoms with Gasteiger partial charge in [-0.3, -0.25) is 0 Å². The van der Waals surface area contributed by atoms with Gasteiger partial charge in [-0.2, -0.15) is 0 Å². The van der Waals surface area contributed by atoms with Gasteiger partial charge in [0.1, 0.15) is 0 Å². The topological polar surface area (TPSA) is 32.3 Å². The molecular weight excluding hydrogens is 332 g/mol. The first-order chi connectivity index (χ1) is 13.3. The van der Waals surface area contributed by atoms with Crippen LogP contribution >= 0.6 is 0 Å². The first-order valence-electron chi connectivity index (χ1n) is 9.85. The minimum absolute atomic E-state index is 0.0470. The van der Waals surface area contributed by atoms with Crippen LogP contribution in [0, 0.1) is 0 Å². The van der Waals surface area contributed by atoms with Crippen LogP contribution in [0.15, 0.2) is 72.8 Å². The number of carbonyl (C=O) groups excluding carboxylic acids is 1. The van der Waals surface area contributed by atoms with Crippen LogP contribution in [0.5, 0.6) is 0 Å². The van der Waals surface area contributed by atoms with Crippen LogP contribution < -0.4 is 5.32 Å². The van der Waals surface area contributed by atoms with E-state index in [0.717, 1.165) is 31.5 Å². The highest BCUT2D eigenvalue weighted by molar-refractivity contribution is 5.86. The van der Waals surface area contributed by atoms with Crippen LogP contribution in [-0.4, -0.2) is 24.0 Å². The van der Waals surface area contributed by atoms with Crippen molar-refractivity contribution in [3.63, 3.8) is 0 Å². The van der Waals surface area contributed by atoms with Gasteiger partial charge in [0.05, 0.1) is 0 Å². The van der Waals surface area contributed by atoms with E-state index in [1.165, 1.54) is 22.8 Å². The van der Waals surface area contributed by atoms with Gasteiger partial charge in [0.15, 0.2) is 0 Å². The predicted octanol–water partition coefficient (Wildman–Crippen LogP) is 5.32. The van der Waals surface area contributed by atoms with Crippen molar-refractivity contribution in [3.05, 3.63) is 83.9 Å². The maximum absolute atomic E-state index is 12.9. The Labute approximate surface area is 161 Å². The average molecular weight is 358 g/mol. The monoisotopic (exact) mass is 358 g/mol. The molecule has 1 N–H and O–H groups in total. The quantitative estimate of drug-likeness (QED) is 0.675. The molecule has 0 radical (unpaired) electrons. The smallest absolute Gasteiger partial charge is 0.317 e. The molecule has 1 fully saturated rings. The summed E-state index contributed by atoms with van der Waals surface area (Å²) in [6.45, 7) is 2.20. The molecule has 4 rings (SSSR count). The number of nitrogens with zero attached hydrogens (tertiary/aromatic N) is 1. The number of likely N-dealkylation sites (tertiary alicyclic amines) is 1. The maximum Gasteiger partial charge on any atom is 0.317 e. The number of hydrogen-bond acceptors (Lipinski definition) is 1. The minimum atomic E-state index is 0.0470. The summed E-state index contributed by atoms with van der Waals surface area (Å²) in [5.74, 6) is 0.428. The molecule has 0 saturated carbocycles. The number of benzene rings is 3.